The van der Waals surface area contributed by atoms with Crippen molar-refractivity contribution >= 4 is 23.6 Å². The van der Waals surface area contributed by atoms with Crippen molar-refractivity contribution in [3.63, 3.8) is 0 Å². The average molecular weight is 596 g/mol. The number of carbonyl (C=O) groups is 2. The number of hydrogen-bond acceptors (Lipinski definition) is 7. The summed E-state index contributed by atoms with van der Waals surface area (Å²) in [6.07, 6.45) is 2.64. The van der Waals surface area contributed by atoms with Gasteiger partial charge in [0.25, 0.3) is 5.91 Å². The molecule has 1 saturated heterocycles. The Labute approximate surface area is 251 Å². The van der Waals surface area contributed by atoms with Gasteiger partial charge in [0, 0.05) is 36.4 Å². The van der Waals surface area contributed by atoms with Gasteiger partial charge in [-0.3, -0.25) is 4.79 Å². The second kappa shape index (κ2) is 11.5. The Balaban J connectivity index is 1.56. The first-order valence-electron chi connectivity index (χ1n) is 14.2. The van der Waals surface area contributed by atoms with Crippen molar-refractivity contribution in [1.29, 1.82) is 0 Å². The quantitative estimate of drug-likeness (QED) is 0.337. The molecule has 0 spiro atoms. The third kappa shape index (κ3) is 5.52. The molecule has 2 amide bonds. The lowest BCUT2D eigenvalue weighted by atomic mass is 9.98. The molecule has 3 aromatic rings. The summed E-state index contributed by atoms with van der Waals surface area (Å²) in [4.78, 5) is 39.5. The third-order valence-electron chi connectivity index (χ3n) is 7.67. The Bertz CT molecular complexity index is 1470. The molecule has 2 aliphatic heterocycles. The number of piperidine rings is 1. The zero-order chi connectivity index (χ0) is 30.3. The maximum absolute atomic E-state index is 14.3. The lowest BCUT2D eigenvalue weighted by molar-refractivity contribution is 0.0135. The fraction of sp³-hybridized carbons (Fsp3) is 0.484. The molecule has 1 aromatic carbocycles. The second-order valence-corrected chi connectivity index (χ2v) is 12.4. The van der Waals surface area contributed by atoms with Crippen molar-refractivity contribution in [2.75, 3.05) is 27.3 Å². The summed E-state index contributed by atoms with van der Waals surface area (Å²) in [5, 5.41) is 0.626. The molecule has 10 nitrogen and oxygen atoms in total. The van der Waals surface area contributed by atoms with Gasteiger partial charge in [0.2, 0.25) is 5.88 Å². The van der Waals surface area contributed by atoms with E-state index in [1.807, 2.05) is 56.0 Å². The van der Waals surface area contributed by atoms with Crippen LogP contribution in [0.3, 0.4) is 0 Å². The van der Waals surface area contributed by atoms with E-state index in [9.17, 15) is 9.59 Å². The largest absolute Gasteiger partial charge is 0.480 e. The van der Waals surface area contributed by atoms with Crippen LogP contribution in [0, 0.1) is 0 Å². The SMILES string of the molecule is COc1ncc(-c2cc3c(n2C(C)C)C(c2ccc(Cl)cc2)N(C2CCN(C(=O)OC(C)(C)C)CC2)C3=O)c(OC)n1. The van der Waals surface area contributed by atoms with Crippen LogP contribution in [0.1, 0.15) is 81.2 Å². The van der Waals surface area contributed by atoms with Crippen LogP contribution >= 0.6 is 11.6 Å². The highest BCUT2D eigenvalue weighted by Crippen LogP contribution is 2.47. The highest BCUT2D eigenvalue weighted by molar-refractivity contribution is 6.30. The summed E-state index contributed by atoms with van der Waals surface area (Å²) in [5.41, 5.74) is 3.39. The predicted octanol–water partition coefficient (Wildman–Crippen LogP) is 6.14. The van der Waals surface area contributed by atoms with Crippen LogP contribution in [-0.4, -0.2) is 75.3 Å². The molecule has 224 valence electrons. The number of aromatic nitrogens is 3. The van der Waals surface area contributed by atoms with E-state index < -0.39 is 5.60 Å². The normalized spacial score (nSPS) is 17.5. The van der Waals surface area contributed by atoms with E-state index in [1.165, 1.54) is 7.11 Å². The van der Waals surface area contributed by atoms with Crippen molar-refractivity contribution in [3.8, 4) is 23.1 Å². The lowest BCUT2D eigenvalue weighted by Crippen LogP contribution is -2.49. The number of methoxy groups -OCH3 is 2. The Kier molecular flexibility index (Phi) is 8.11. The Morgan fingerprint density at radius 1 is 1.05 bits per heavy atom. The average Bonchev–Trinajstić information content (AvgIpc) is 3.47. The van der Waals surface area contributed by atoms with Gasteiger partial charge in [-0.1, -0.05) is 23.7 Å². The van der Waals surface area contributed by atoms with Gasteiger partial charge in [0.1, 0.15) is 5.60 Å². The van der Waals surface area contributed by atoms with E-state index in [-0.39, 0.29) is 36.1 Å². The molecule has 1 atom stereocenters. The van der Waals surface area contributed by atoms with Crippen molar-refractivity contribution < 1.29 is 23.8 Å². The summed E-state index contributed by atoms with van der Waals surface area (Å²) in [6, 6.07) is 9.39. The molecule has 2 aliphatic rings. The Morgan fingerprint density at radius 2 is 1.71 bits per heavy atom. The van der Waals surface area contributed by atoms with E-state index >= 15 is 0 Å². The first-order valence-corrected chi connectivity index (χ1v) is 14.6. The number of ether oxygens (including phenoxy) is 3. The molecule has 1 fully saturated rings. The van der Waals surface area contributed by atoms with Crippen molar-refractivity contribution in [3.05, 3.63) is 58.4 Å². The fourth-order valence-electron chi connectivity index (χ4n) is 5.92. The fourth-order valence-corrected chi connectivity index (χ4v) is 6.04. The van der Waals surface area contributed by atoms with Gasteiger partial charge in [-0.05, 0) is 71.2 Å². The zero-order valence-electron chi connectivity index (χ0n) is 25.2. The molecule has 0 bridgehead atoms. The summed E-state index contributed by atoms with van der Waals surface area (Å²) in [5.74, 6) is 0.316. The molecular weight excluding hydrogens is 558 g/mol. The van der Waals surface area contributed by atoms with Crippen LogP contribution in [0.5, 0.6) is 11.9 Å². The molecule has 5 rings (SSSR count). The second-order valence-electron chi connectivity index (χ2n) is 11.9. The maximum atomic E-state index is 14.3. The molecule has 0 saturated carbocycles. The van der Waals surface area contributed by atoms with Gasteiger partial charge in [0.05, 0.1) is 42.8 Å². The highest BCUT2D eigenvalue weighted by Gasteiger charge is 2.46. The minimum absolute atomic E-state index is 0.00660. The molecule has 2 aromatic heterocycles. The summed E-state index contributed by atoms with van der Waals surface area (Å²) >= 11 is 6.27. The number of rotatable bonds is 6. The number of likely N-dealkylation sites (tertiary alicyclic amines) is 1. The maximum Gasteiger partial charge on any atom is 0.410 e. The van der Waals surface area contributed by atoms with Crippen LogP contribution in [-0.2, 0) is 4.74 Å². The Morgan fingerprint density at radius 3 is 2.29 bits per heavy atom. The zero-order valence-corrected chi connectivity index (χ0v) is 25.9. The van der Waals surface area contributed by atoms with Gasteiger partial charge in [-0.2, -0.15) is 4.98 Å². The van der Waals surface area contributed by atoms with Crippen LogP contribution < -0.4 is 9.47 Å². The van der Waals surface area contributed by atoms with Gasteiger partial charge in [-0.15, -0.1) is 0 Å². The predicted molar refractivity (Wildman–Crippen MR) is 159 cm³/mol. The smallest absolute Gasteiger partial charge is 0.410 e. The monoisotopic (exact) mass is 595 g/mol. The highest BCUT2D eigenvalue weighted by atomic mass is 35.5. The van der Waals surface area contributed by atoms with Gasteiger partial charge >= 0.3 is 12.1 Å². The first kappa shape index (κ1) is 29.7. The topological polar surface area (TPSA) is 99.0 Å². The number of fused-ring (bicyclic) bond motifs is 1. The van der Waals surface area contributed by atoms with E-state index in [2.05, 4.69) is 28.4 Å². The third-order valence-corrected chi connectivity index (χ3v) is 7.93. The molecular formula is C31H38ClN5O5. The number of nitrogens with zero attached hydrogens (tertiary/aromatic N) is 5. The molecule has 0 radical (unpaired) electrons. The van der Waals surface area contributed by atoms with Crippen LogP contribution in [0.15, 0.2) is 36.5 Å². The summed E-state index contributed by atoms with van der Waals surface area (Å²) < 4.78 is 18.6. The number of amides is 2. The first-order chi connectivity index (χ1) is 19.9. The number of hydrogen-bond donors (Lipinski definition) is 0. The molecule has 42 heavy (non-hydrogen) atoms. The van der Waals surface area contributed by atoms with E-state index in [0.29, 0.717) is 48.0 Å². The van der Waals surface area contributed by atoms with Crippen molar-refractivity contribution in [2.24, 2.45) is 0 Å². The van der Waals surface area contributed by atoms with Gasteiger partial charge < -0.3 is 28.6 Å². The minimum Gasteiger partial charge on any atom is -0.480 e. The molecule has 0 aliphatic carbocycles. The molecule has 11 heteroatoms. The lowest BCUT2D eigenvalue weighted by Gasteiger charge is -2.40. The number of carbonyl (C=O) groups excluding carboxylic acids is 2. The van der Waals surface area contributed by atoms with Crippen LogP contribution in [0.4, 0.5) is 4.79 Å². The molecule has 1 unspecified atom stereocenters. The summed E-state index contributed by atoms with van der Waals surface area (Å²) in [6.45, 7) is 10.8. The van der Waals surface area contributed by atoms with Crippen LogP contribution in [0.25, 0.3) is 11.3 Å². The Hall–Kier alpha value is -3.79. The minimum atomic E-state index is -0.564. The number of benzene rings is 1. The molecule has 4 heterocycles. The molecule has 0 N–H and O–H groups in total. The standard InChI is InChI=1S/C31H38ClN5O5/c1-18(2)36-24(23-17-33-29(41-7)34-27(23)40-6)16-22-26(36)25(19-8-10-20(32)11-9-19)37(28(22)38)21-12-14-35(15-13-21)30(39)42-31(3,4)5/h8-11,16-18,21,25H,12-15H2,1-7H3. The van der Waals surface area contributed by atoms with Crippen molar-refractivity contribution in [2.45, 2.75) is 71.2 Å². The van der Waals surface area contributed by atoms with E-state index in [4.69, 9.17) is 25.8 Å². The summed E-state index contributed by atoms with van der Waals surface area (Å²) in [7, 11) is 3.05. The van der Waals surface area contributed by atoms with E-state index in [1.54, 1.807) is 18.2 Å². The van der Waals surface area contributed by atoms with Gasteiger partial charge in [-0.25, -0.2) is 9.78 Å². The van der Waals surface area contributed by atoms with E-state index in [0.717, 1.165) is 17.0 Å². The van der Waals surface area contributed by atoms with Crippen LogP contribution in [0.2, 0.25) is 5.02 Å². The van der Waals surface area contributed by atoms with Gasteiger partial charge in [0.15, 0.2) is 0 Å². The van der Waals surface area contributed by atoms with Crippen molar-refractivity contribution in [1.82, 2.24) is 24.3 Å². The number of halogens is 1.